The van der Waals surface area contributed by atoms with Crippen molar-refractivity contribution >= 4 is 29.0 Å². The molecule has 1 aromatic carbocycles. The van der Waals surface area contributed by atoms with Gasteiger partial charge in [-0.05, 0) is 37.6 Å². The minimum Gasteiger partial charge on any atom is -0.379 e. The van der Waals surface area contributed by atoms with Crippen LogP contribution in [0.3, 0.4) is 0 Å². The van der Waals surface area contributed by atoms with Crippen LogP contribution in [-0.4, -0.2) is 66.6 Å². The van der Waals surface area contributed by atoms with E-state index < -0.39 is 0 Å². The van der Waals surface area contributed by atoms with E-state index >= 15 is 0 Å². The van der Waals surface area contributed by atoms with Crippen molar-refractivity contribution in [3.8, 4) is 0 Å². The Morgan fingerprint density at radius 3 is 2.61 bits per heavy atom. The first-order chi connectivity index (χ1) is 15.2. The molecule has 1 aliphatic rings. The third-order valence-electron chi connectivity index (χ3n) is 5.51. The molecule has 0 bridgehead atoms. The normalized spacial score (nSPS) is 14.6. The number of amides is 1. The van der Waals surface area contributed by atoms with Gasteiger partial charge in [0.1, 0.15) is 0 Å². The summed E-state index contributed by atoms with van der Waals surface area (Å²) in [6.07, 6.45) is 4.70. The molecular weight excluding hydrogens is 426 g/mol. The lowest BCUT2D eigenvalue weighted by Crippen LogP contribution is -2.43. The second-order valence-electron chi connectivity index (χ2n) is 7.98. The standard InChI is InChI=1S/C24H35N3O2S2/c1-3-4-5-6-11-27(13-12-26-14-16-29-17-15-26)24(28)21-7-9-23(10-8-21)31-19-22-18-30-20(2)25-22/h7-10,18H,3-6,11-17,19H2,1-2H3. The highest BCUT2D eigenvalue weighted by Gasteiger charge is 2.18. The van der Waals surface area contributed by atoms with Gasteiger partial charge >= 0.3 is 0 Å². The van der Waals surface area contributed by atoms with E-state index in [4.69, 9.17) is 4.74 Å². The number of morpholine rings is 1. The van der Waals surface area contributed by atoms with Crippen molar-refractivity contribution in [2.75, 3.05) is 45.9 Å². The molecule has 0 radical (unpaired) electrons. The van der Waals surface area contributed by atoms with Crippen LogP contribution in [0, 0.1) is 6.92 Å². The summed E-state index contributed by atoms with van der Waals surface area (Å²) >= 11 is 3.45. The maximum absolute atomic E-state index is 13.2. The average molecular weight is 462 g/mol. The second-order valence-corrected chi connectivity index (χ2v) is 10.1. The van der Waals surface area contributed by atoms with Crippen molar-refractivity contribution in [2.45, 2.75) is 50.2 Å². The van der Waals surface area contributed by atoms with Gasteiger partial charge in [0, 0.05) is 54.3 Å². The summed E-state index contributed by atoms with van der Waals surface area (Å²) in [6, 6.07) is 8.08. The molecule has 3 rings (SSSR count). The lowest BCUT2D eigenvalue weighted by molar-refractivity contribution is 0.0324. The predicted octanol–water partition coefficient (Wildman–Crippen LogP) is 5.10. The van der Waals surface area contributed by atoms with Gasteiger partial charge in [-0.1, -0.05) is 26.2 Å². The van der Waals surface area contributed by atoms with Crippen LogP contribution < -0.4 is 0 Å². The van der Waals surface area contributed by atoms with Gasteiger partial charge in [0.2, 0.25) is 0 Å². The van der Waals surface area contributed by atoms with Crippen molar-refractivity contribution < 1.29 is 9.53 Å². The highest BCUT2D eigenvalue weighted by atomic mass is 32.2. The van der Waals surface area contributed by atoms with Crippen molar-refractivity contribution in [1.29, 1.82) is 0 Å². The number of hydrogen-bond donors (Lipinski definition) is 0. The highest BCUT2D eigenvalue weighted by Crippen LogP contribution is 2.24. The van der Waals surface area contributed by atoms with Crippen LogP contribution in [0.2, 0.25) is 0 Å². The number of thiazole rings is 1. The highest BCUT2D eigenvalue weighted by molar-refractivity contribution is 7.98. The quantitative estimate of drug-likeness (QED) is 0.325. The maximum Gasteiger partial charge on any atom is 0.253 e. The zero-order chi connectivity index (χ0) is 21.9. The molecule has 1 aliphatic heterocycles. The van der Waals surface area contributed by atoms with Crippen molar-refractivity contribution in [2.24, 2.45) is 0 Å². The molecular formula is C24H35N3O2S2. The largest absolute Gasteiger partial charge is 0.379 e. The molecule has 0 N–H and O–H groups in total. The number of carbonyl (C=O) groups is 1. The number of benzene rings is 1. The summed E-state index contributed by atoms with van der Waals surface area (Å²) in [7, 11) is 0. The van der Waals surface area contributed by atoms with Crippen molar-refractivity contribution in [3.05, 3.63) is 45.9 Å². The topological polar surface area (TPSA) is 45.7 Å². The summed E-state index contributed by atoms with van der Waals surface area (Å²) in [4.78, 5) is 23.4. The number of hydrogen-bond acceptors (Lipinski definition) is 6. The number of thioether (sulfide) groups is 1. The summed E-state index contributed by atoms with van der Waals surface area (Å²) < 4.78 is 5.45. The zero-order valence-electron chi connectivity index (χ0n) is 18.8. The smallest absolute Gasteiger partial charge is 0.253 e. The lowest BCUT2D eigenvalue weighted by atomic mass is 10.1. The molecule has 1 fully saturated rings. The third-order valence-corrected chi connectivity index (χ3v) is 7.38. The molecule has 0 saturated carbocycles. The fraction of sp³-hybridized carbons (Fsp3) is 0.583. The van der Waals surface area contributed by atoms with E-state index in [-0.39, 0.29) is 5.91 Å². The van der Waals surface area contributed by atoms with Gasteiger partial charge in [-0.3, -0.25) is 9.69 Å². The number of unbranched alkanes of at least 4 members (excludes halogenated alkanes) is 3. The number of aryl methyl sites for hydroxylation is 1. The third kappa shape index (κ3) is 8.22. The second kappa shape index (κ2) is 13.2. The van der Waals surface area contributed by atoms with Crippen LogP contribution in [0.4, 0.5) is 0 Å². The summed E-state index contributed by atoms with van der Waals surface area (Å²) in [5.74, 6) is 1.01. The Balaban J connectivity index is 1.55. The summed E-state index contributed by atoms with van der Waals surface area (Å²) in [6.45, 7) is 10.3. The molecule has 1 saturated heterocycles. The van der Waals surface area contributed by atoms with E-state index in [9.17, 15) is 4.79 Å². The number of ether oxygens (including phenoxy) is 1. The fourth-order valence-electron chi connectivity index (χ4n) is 3.64. The van der Waals surface area contributed by atoms with Crippen LogP contribution in [0.25, 0.3) is 0 Å². The summed E-state index contributed by atoms with van der Waals surface area (Å²) in [5, 5.41) is 3.22. The maximum atomic E-state index is 13.2. The number of aromatic nitrogens is 1. The Morgan fingerprint density at radius 2 is 1.94 bits per heavy atom. The van der Waals surface area contributed by atoms with Gasteiger partial charge in [0.15, 0.2) is 0 Å². The number of nitrogens with zero attached hydrogens (tertiary/aromatic N) is 3. The van der Waals surface area contributed by atoms with Crippen LogP contribution >= 0.6 is 23.1 Å². The monoisotopic (exact) mass is 461 g/mol. The first-order valence-corrected chi connectivity index (χ1v) is 13.3. The Morgan fingerprint density at radius 1 is 1.16 bits per heavy atom. The molecule has 2 aromatic rings. The Labute approximate surface area is 195 Å². The Bertz CT molecular complexity index is 788. The first kappa shape index (κ1) is 24.2. The van der Waals surface area contributed by atoms with Crippen LogP contribution in [-0.2, 0) is 10.5 Å². The Hall–Kier alpha value is -1.41. The van der Waals surface area contributed by atoms with E-state index in [0.717, 1.165) is 74.4 Å². The molecule has 170 valence electrons. The van der Waals surface area contributed by atoms with Gasteiger partial charge in [-0.25, -0.2) is 4.98 Å². The molecule has 0 spiro atoms. The van der Waals surface area contributed by atoms with Crippen LogP contribution in [0.15, 0.2) is 34.5 Å². The molecule has 5 nitrogen and oxygen atoms in total. The van der Waals surface area contributed by atoms with Crippen LogP contribution in [0.5, 0.6) is 0 Å². The molecule has 7 heteroatoms. The fourth-order valence-corrected chi connectivity index (χ4v) is 5.15. The number of rotatable bonds is 12. The van der Waals surface area contributed by atoms with Gasteiger partial charge in [-0.2, -0.15) is 0 Å². The van der Waals surface area contributed by atoms with E-state index in [2.05, 4.69) is 34.3 Å². The molecule has 1 aromatic heterocycles. The SMILES string of the molecule is CCCCCCN(CCN1CCOCC1)C(=O)c1ccc(SCc2csc(C)n2)cc1. The first-order valence-electron chi connectivity index (χ1n) is 11.4. The average Bonchev–Trinajstić information content (AvgIpc) is 3.23. The Kier molecular flexibility index (Phi) is 10.3. The molecule has 31 heavy (non-hydrogen) atoms. The predicted molar refractivity (Wildman–Crippen MR) is 130 cm³/mol. The van der Waals surface area contributed by atoms with Crippen molar-refractivity contribution in [3.63, 3.8) is 0 Å². The van der Waals surface area contributed by atoms with Crippen molar-refractivity contribution in [1.82, 2.24) is 14.8 Å². The van der Waals surface area contributed by atoms with E-state index in [1.165, 1.54) is 24.2 Å². The molecule has 2 heterocycles. The minimum atomic E-state index is 0.149. The molecule has 0 atom stereocenters. The molecule has 1 amide bonds. The van der Waals surface area contributed by atoms with Gasteiger partial charge < -0.3 is 9.64 Å². The van der Waals surface area contributed by atoms with E-state index in [1.54, 1.807) is 23.1 Å². The molecule has 0 aliphatic carbocycles. The zero-order valence-corrected chi connectivity index (χ0v) is 20.5. The lowest BCUT2D eigenvalue weighted by Gasteiger charge is -2.30. The molecule has 0 unspecified atom stereocenters. The van der Waals surface area contributed by atoms with Gasteiger partial charge in [-0.15, -0.1) is 23.1 Å². The van der Waals surface area contributed by atoms with Crippen LogP contribution in [0.1, 0.15) is 53.7 Å². The number of carbonyl (C=O) groups excluding carboxylic acids is 1. The van der Waals surface area contributed by atoms with E-state index in [1.807, 2.05) is 24.0 Å². The van der Waals surface area contributed by atoms with E-state index in [0.29, 0.717) is 0 Å². The summed E-state index contributed by atoms with van der Waals surface area (Å²) in [5.41, 5.74) is 1.90. The van der Waals surface area contributed by atoms with Gasteiger partial charge in [0.05, 0.1) is 23.9 Å². The minimum absolute atomic E-state index is 0.149. The van der Waals surface area contributed by atoms with Gasteiger partial charge in [0.25, 0.3) is 5.91 Å².